The Morgan fingerprint density at radius 1 is 1.00 bits per heavy atom. The van der Waals surface area contributed by atoms with Crippen LogP contribution in [0.15, 0.2) is 47.3 Å². The molecular formula is C35H46N4O3. The van der Waals surface area contributed by atoms with Gasteiger partial charge in [-0.1, -0.05) is 43.5 Å². The lowest BCUT2D eigenvalue weighted by Crippen LogP contribution is -2.37. The topological polar surface area (TPSA) is 77.7 Å². The number of anilines is 1. The molecule has 1 amide bonds. The van der Waals surface area contributed by atoms with Crippen molar-refractivity contribution < 1.29 is 9.53 Å². The van der Waals surface area contributed by atoms with Crippen molar-refractivity contribution in [1.29, 1.82) is 0 Å². The number of carbonyl (C=O) groups is 1. The molecule has 224 valence electrons. The summed E-state index contributed by atoms with van der Waals surface area (Å²) in [6.45, 7) is 13.6. The van der Waals surface area contributed by atoms with Crippen LogP contribution in [0.4, 0.5) is 5.69 Å². The molecule has 0 bridgehead atoms. The van der Waals surface area contributed by atoms with Gasteiger partial charge in [-0.05, 0) is 86.6 Å². The molecule has 0 radical (unpaired) electrons. The van der Waals surface area contributed by atoms with Gasteiger partial charge in [-0.15, -0.1) is 0 Å². The molecule has 1 aromatic heterocycles. The highest BCUT2D eigenvalue weighted by Gasteiger charge is 2.25. The van der Waals surface area contributed by atoms with Gasteiger partial charge in [0.2, 0.25) is 0 Å². The molecule has 5 rings (SSSR count). The van der Waals surface area contributed by atoms with Gasteiger partial charge in [-0.25, -0.2) is 0 Å². The number of hydrogen-bond acceptors (Lipinski definition) is 5. The van der Waals surface area contributed by atoms with Gasteiger partial charge in [0.05, 0.1) is 13.2 Å². The average Bonchev–Trinajstić information content (AvgIpc) is 2.99. The van der Waals surface area contributed by atoms with Crippen LogP contribution in [0.5, 0.6) is 0 Å². The first-order chi connectivity index (χ1) is 20.3. The van der Waals surface area contributed by atoms with E-state index >= 15 is 0 Å². The third-order valence-corrected chi connectivity index (χ3v) is 9.01. The van der Waals surface area contributed by atoms with Crippen molar-refractivity contribution in [1.82, 2.24) is 15.2 Å². The van der Waals surface area contributed by atoms with E-state index in [1.165, 1.54) is 37.7 Å². The Hall–Kier alpha value is -3.42. The number of ether oxygens (including phenoxy) is 1. The number of amides is 1. The molecule has 2 fully saturated rings. The molecule has 3 aromatic rings. The lowest BCUT2D eigenvalue weighted by Gasteiger charge is -2.37. The molecule has 1 aliphatic carbocycles. The highest BCUT2D eigenvalue weighted by atomic mass is 16.5. The zero-order chi connectivity index (χ0) is 29.6. The number of aromatic nitrogens is 1. The second kappa shape index (κ2) is 13.7. The molecule has 2 aliphatic rings. The SMILES string of the molecule is CCN(c1cc(-c2ccc(CN3CCOCC3)cc2)cc(C(=O)NCc2c(C)cc(C)[nH]c2=O)c1C)C1CCCCC1. The number of pyridine rings is 1. The summed E-state index contributed by atoms with van der Waals surface area (Å²) in [5.74, 6) is -0.154. The number of benzene rings is 2. The Bertz CT molecular complexity index is 1430. The molecule has 2 N–H and O–H groups in total. The number of nitrogens with one attached hydrogen (secondary N) is 2. The highest BCUT2D eigenvalue weighted by molar-refractivity contribution is 5.99. The van der Waals surface area contributed by atoms with Crippen LogP contribution in [0, 0.1) is 20.8 Å². The molecule has 0 atom stereocenters. The van der Waals surface area contributed by atoms with Crippen LogP contribution in [-0.4, -0.2) is 54.7 Å². The van der Waals surface area contributed by atoms with Crippen LogP contribution >= 0.6 is 0 Å². The summed E-state index contributed by atoms with van der Waals surface area (Å²) < 4.78 is 5.50. The third-order valence-electron chi connectivity index (χ3n) is 9.01. The molecule has 7 heteroatoms. The molecule has 7 nitrogen and oxygen atoms in total. The smallest absolute Gasteiger partial charge is 0.253 e. The number of rotatable bonds is 9. The van der Waals surface area contributed by atoms with E-state index in [1.807, 2.05) is 26.0 Å². The predicted molar refractivity (Wildman–Crippen MR) is 170 cm³/mol. The van der Waals surface area contributed by atoms with E-state index in [0.717, 1.165) is 73.0 Å². The van der Waals surface area contributed by atoms with Crippen molar-refractivity contribution >= 4 is 11.6 Å². The van der Waals surface area contributed by atoms with Crippen LogP contribution < -0.4 is 15.8 Å². The highest BCUT2D eigenvalue weighted by Crippen LogP contribution is 2.35. The van der Waals surface area contributed by atoms with Crippen molar-refractivity contribution in [2.24, 2.45) is 0 Å². The Labute approximate surface area is 250 Å². The van der Waals surface area contributed by atoms with Crippen LogP contribution in [0.3, 0.4) is 0 Å². The fourth-order valence-corrected chi connectivity index (χ4v) is 6.60. The Morgan fingerprint density at radius 2 is 1.71 bits per heavy atom. The molecular weight excluding hydrogens is 524 g/mol. The third kappa shape index (κ3) is 6.96. The number of hydrogen-bond donors (Lipinski definition) is 2. The molecule has 2 aromatic carbocycles. The average molecular weight is 571 g/mol. The van der Waals surface area contributed by atoms with Crippen LogP contribution in [0.1, 0.15) is 77.3 Å². The summed E-state index contributed by atoms with van der Waals surface area (Å²) in [4.78, 5) is 34.2. The first kappa shape index (κ1) is 30.1. The number of nitrogens with zero attached hydrogens (tertiary/aromatic N) is 2. The van der Waals surface area contributed by atoms with Crippen molar-refractivity contribution in [2.45, 2.75) is 78.9 Å². The van der Waals surface area contributed by atoms with E-state index < -0.39 is 0 Å². The Kier molecular flexibility index (Phi) is 9.80. The number of H-pyrrole nitrogens is 1. The first-order valence-corrected chi connectivity index (χ1v) is 15.6. The predicted octanol–water partition coefficient (Wildman–Crippen LogP) is 5.89. The minimum atomic E-state index is -0.154. The fraction of sp³-hybridized carbons (Fsp3) is 0.486. The van der Waals surface area contributed by atoms with Crippen molar-refractivity contribution in [3.8, 4) is 11.1 Å². The second-order valence-electron chi connectivity index (χ2n) is 12.0. The summed E-state index contributed by atoms with van der Waals surface area (Å²) in [5, 5.41) is 3.06. The summed E-state index contributed by atoms with van der Waals surface area (Å²) in [6, 6.07) is 15.5. The maximum atomic E-state index is 13.8. The summed E-state index contributed by atoms with van der Waals surface area (Å²) in [7, 11) is 0. The number of morpholine rings is 1. The van der Waals surface area contributed by atoms with Crippen LogP contribution in [0.25, 0.3) is 11.1 Å². The summed E-state index contributed by atoms with van der Waals surface area (Å²) in [6.07, 6.45) is 6.18. The van der Waals surface area contributed by atoms with E-state index in [0.29, 0.717) is 17.2 Å². The van der Waals surface area contributed by atoms with Gasteiger partial charge < -0.3 is 19.9 Å². The van der Waals surface area contributed by atoms with Crippen molar-refractivity contribution in [2.75, 3.05) is 37.7 Å². The lowest BCUT2D eigenvalue weighted by molar-refractivity contribution is 0.0342. The minimum Gasteiger partial charge on any atom is -0.379 e. The quantitative estimate of drug-likeness (QED) is 0.336. The summed E-state index contributed by atoms with van der Waals surface area (Å²) >= 11 is 0. The molecule has 2 heterocycles. The van der Waals surface area contributed by atoms with E-state index in [2.05, 4.69) is 64.3 Å². The normalized spacial score (nSPS) is 16.4. The standard InChI is InChI=1S/C35H46N4O3/c1-5-39(30-9-7-6-8-10-30)33-21-29(28-13-11-27(12-14-28)23-38-15-17-42-18-16-38)20-31(26(33)4)34(40)36-22-32-24(2)19-25(3)37-35(32)41/h11-14,19-21,30H,5-10,15-18,22-23H2,1-4H3,(H,36,40)(H,37,41). The second-order valence-corrected chi connectivity index (χ2v) is 12.0. The van der Waals surface area contributed by atoms with Crippen LogP contribution in [-0.2, 0) is 17.8 Å². The van der Waals surface area contributed by atoms with E-state index in [-0.39, 0.29) is 18.0 Å². The maximum Gasteiger partial charge on any atom is 0.253 e. The van der Waals surface area contributed by atoms with Gasteiger partial charge in [0.1, 0.15) is 0 Å². The number of aryl methyl sites for hydroxylation is 2. The van der Waals surface area contributed by atoms with Gasteiger partial charge >= 0.3 is 0 Å². The van der Waals surface area contributed by atoms with Crippen molar-refractivity contribution in [3.05, 3.63) is 86.3 Å². The molecule has 0 spiro atoms. The van der Waals surface area contributed by atoms with Gasteiger partial charge in [0, 0.05) is 61.3 Å². The molecule has 0 unspecified atom stereocenters. The molecule has 1 aliphatic heterocycles. The maximum absolute atomic E-state index is 13.8. The van der Waals surface area contributed by atoms with Crippen molar-refractivity contribution in [3.63, 3.8) is 0 Å². The number of carbonyl (C=O) groups excluding carboxylic acids is 1. The Balaban J connectivity index is 1.46. The number of aromatic amines is 1. The van der Waals surface area contributed by atoms with E-state index in [4.69, 9.17) is 4.74 Å². The molecule has 1 saturated carbocycles. The summed E-state index contributed by atoms with van der Waals surface area (Å²) in [5.41, 5.74) is 8.35. The molecule has 1 saturated heterocycles. The van der Waals surface area contributed by atoms with Gasteiger partial charge in [0.15, 0.2) is 0 Å². The Morgan fingerprint density at radius 3 is 2.38 bits per heavy atom. The monoisotopic (exact) mass is 570 g/mol. The first-order valence-electron chi connectivity index (χ1n) is 15.6. The zero-order valence-electron chi connectivity index (χ0n) is 25.7. The van der Waals surface area contributed by atoms with E-state index in [9.17, 15) is 9.59 Å². The lowest BCUT2D eigenvalue weighted by atomic mass is 9.91. The van der Waals surface area contributed by atoms with Gasteiger partial charge in [-0.3, -0.25) is 14.5 Å². The van der Waals surface area contributed by atoms with Crippen LogP contribution in [0.2, 0.25) is 0 Å². The van der Waals surface area contributed by atoms with Gasteiger partial charge in [-0.2, -0.15) is 0 Å². The van der Waals surface area contributed by atoms with Gasteiger partial charge in [0.25, 0.3) is 11.5 Å². The largest absolute Gasteiger partial charge is 0.379 e. The van der Waals surface area contributed by atoms with E-state index in [1.54, 1.807) is 0 Å². The zero-order valence-corrected chi connectivity index (χ0v) is 25.7. The molecule has 42 heavy (non-hydrogen) atoms. The fourth-order valence-electron chi connectivity index (χ4n) is 6.60. The minimum absolute atomic E-state index is 0.148.